The Morgan fingerprint density at radius 3 is 2.70 bits per heavy atom. The molecule has 0 bridgehead atoms. The van der Waals surface area contributed by atoms with E-state index in [0.717, 1.165) is 29.7 Å². The summed E-state index contributed by atoms with van der Waals surface area (Å²) >= 11 is 0. The molecule has 1 heterocycles. The van der Waals surface area contributed by atoms with Crippen LogP contribution in [0.25, 0.3) is 6.08 Å². The third-order valence-corrected chi connectivity index (χ3v) is 3.93. The van der Waals surface area contributed by atoms with Crippen LogP contribution >= 0.6 is 0 Å². The highest BCUT2D eigenvalue weighted by Crippen LogP contribution is 2.30. The Labute approximate surface area is 136 Å². The molecule has 23 heavy (non-hydrogen) atoms. The van der Waals surface area contributed by atoms with Crippen molar-refractivity contribution in [1.82, 2.24) is 9.88 Å². The van der Waals surface area contributed by atoms with Gasteiger partial charge in [0, 0.05) is 36.6 Å². The summed E-state index contributed by atoms with van der Waals surface area (Å²) in [6, 6.07) is 12.0. The molecule has 4 nitrogen and oxygen atoms in total. The van der Waals surface area contributed by atoms with Crippen molar-refractivity contribution in [3.63, 3.8) is 0 Å². The molecule has 0 spiro atoms. The largest absolute Gasteiger partial charge is 0.496 e. The third kappa shape index (κ3) is 3.97. The molecule has 0 saturated heterocycles. The maximum atomic E-state index is 12.6. The minimum absolute atomic E-state index is 0.0372. The third-order valence-electron chi connectivity index (χ3n) is 3.93. The molecular formula is C19H20N2O2. The van der Waals surface area contributed by atoms with Crippen LogP contribution < -0.4 is 4.74 Å². The molecule has 4 heteroatoms. The van der Waals surface area contributed by atoms with Crippen LogP contribution in [0.5, 0.6) is 5.75 Å². The van der Waals surface area contributed by atoms with Crippen LogP contribution in [0.1, 0.15) is 24.0 Å². The van der Waals surface area contributed by atoms with Gasteiger partial charge in [-0.25, -0.2) is 0 Å². The van der Waals surface area contributed by atoms with Crippen LogP contribution in [-0.4, -0.2) is 28.9 Å². The lowest BCUT2D eigenvalue weighted by atomic mass is 10.1. The number of carbonyl (C=O) groups is 1. The SMILES string of the molecule is COc1ccccc1CN(C(=O)/C=C/c1ccncc1)C1CC1. The fourth-order valence-corrected chi connectivity index (χ4v) is 2.53. The lowest BCUT2D eigenvalue weighted by Crippen LogP contribution is -2.31. The van der Waals surface area contributed by atoms with Crippen molar-refractivity contribution >= 4 is 12.0 Å². The molecular weight excluding hydrogens is 288 g/mol. The zero-order valence-electron chi connectivity index (χ0n) is 13.2. The fourth-order valence-electron chi connectivity index (χ4n) is 2.53. The highest BCUT2D eigenvalue weighted by molar-refractivity contribution is 5.92. The second-order valence-corrected chi connectivity index (χ2v) is 5.62. The Balaban J connectivity index is 1.74. The van der Waals surface area contributed by atoms with Gasteiger partial charge in [0.05, 0.1) is 7.11 Å². The normalized spacial score (nSPS) is 14.0. The van der Waals surface area contributed by atoms with E-state index in [1.165, 1.54) is 0 Å². The molecule has 0 radical (unpaired) electrons. The molecule has 1 aromatic heterocycles. The Kier molecular flexibility index (Phi) is 4.71. The number of hydrogen-bond donors (Lipinski definition) is 0. The average Bonchev–Trinajstić information content (AvgIpc) is 3.43. The van der Waals surface area contributed by atoms with Gasteiger partial charge in [-0.15, -0.1) is 0 Å². The summed E-state index contributed by atoms with van der Waals surface area (Å²) in [5.74, 6) is 0.860. The summed E-state index contributed by atoms with van der Waals surface area (Å²) in [4.78, 5) is 18.5. The molecule has 1 saturated carbocycles. The number of aromatic nitrogens is 1. The molecule has 2 aromatic rings. The summed E-state index contributed by atoms with van der Waals surface area (Å²) in [5, 5.41) is 0. The van der Waals surface area contributed by atoms with Gasteiger partial charge < -0.3 is 9.64 Å². The van der Waals surface area contributed by atoms with Gasteiger partial charge in [0.2, 0.25) is 5.91 Å². The number of ether oxygens (including phenoxy) is 1. The number of hydrogen-bond acceptors (Lipinski definition) is 3. The molecule has 0 aliphatic heterocycles. The van der Waals surface area contributed by atoms with Gasteiger partial charge in [-0.2, -0.15) is 0 Å². The molecule has 1 aliphatic rings. The van der Waals surface area contributed by atoms with Gasteiger partial charge in [0.25, 0.3) is 0 Å². The second-order valence-electron chi connectivity index (χ2n) is 5.62. The van der Waals surface area contributed by atoms with E-state index in [9.17, 15) is 4.79 Å². The van der Waals surface area contributed by atoms with Crippen LogP contribution in [0.4, 0.5) is 0 Å². The van der Waals surface area contributed by atoms with E-state index < -0.39 is 0 Å². The van der Waals surface area contributed by atoms with Gasteiger partial charge >= 0.3 is 0 Å². The fraction of sp³-hybridized carbons (Fsp3) is 0.263. The van der Waals surface area contributed by atoms with E-state index in [0.29, 0.717) is 12.6 Å². The number of methoxy groups -OCH3 is 1. The summed E-state index contributed by atoms with van der Waals surface area (Å²) in [6.07, 6.45) is 9.06. The number of rotatable bonds is 6. The van der Waals surface area contributed by atoms with Gasteiger partial charge in [-0.3, -0.25) is 9.78 Å². The van der Waals surface area contributed by atoms with E-state index in [4.69, 9.17) is 4.74 Å². The van der Waals surface area contributed by atoms with Crippen molar-refractivity contribution in [3.05, 3.63) is 66.0 Å². The van der Waals surface area contributed by atoms with Crippen LogP contribution in [-0.2, 0) is 11.3 Å². The molecule has 3 rings (SSSR count). The van der Waals surface area contributed by atoms with Crippen molar-refractivity contribution in [3.8, 4) is 5.75 Å². The standard InChI is InChI=1S/C19H20N2O2/c1-23-18-5-3-2-4-16(18)14-21(17-7-8-17)19(22)9-6-15-10-12-20-13-11-15/h2-6,9-13,17H,7-8,14H2,1H3/b9-6+. The zero-order chi connectivity index (χ0) is 16.1. The predicted molar refractivity (Wildman–Crippen MR) is 89.8 cm³/mol. The van der Waals surface area contributed by atoms with Crippen LogP contribution in [0, 0.1) is 0 Å². The Morgan fingerprint density at radius 1 is 1.26 bits per heavy atom. The number of benzene rings is 1. The number of carbonyl (C=O) groups excluding carboxylic acids is 1. The minimum atomic E-state index is 0.0372. The van der Waals surface area contributed by atoms with E-state index in [1.54, 1.807) is 25.6 Å². The van der Waals surface area contributed by atoms with Crippen molar-refractivity contribution < 1.29 is 9.53 Å². The summed E-state index contributed by atoms with van der Waals surface area (Å²) in [7, 11) is 1.66. The van der Waals surface area contributed by atoms with Crippen molar-refractivity contribution in [2.75, 3.05) is 7.11 Å². The quantitative estimate of drug-likeness (QED) is 0.769. The van der Waals surface area contributed by atoms with Gasteiger partial charge in [-0.05, 0) is 42.7 Å². The van der Waals surface area contributed by atoms with Gasteiger partial charge in [0.1, 0.15) is 5.75 Å². The molecule has 1 fully saturated rings. The molecule has 0 N–H and O–H groups in total. The van der Waals surface area contributed by atoms with Crippen LogP contribution in [0.15, 0.2) is 54.9 Å². The molecule has 1 aliphatic carbocycles. The monoisotopic (exact) mass is 308 g/mol. The molecule has 0 unspecified atom stereocenters. The first kappa shape index (κ1) is 15.3. The number of nitrogens with zero attached hydrogens (tertiary/aromatic N) is 2. The van der Waals surface area contributed by atoms with Crippen molar-refractivity contribution in [2.45, 2.75) is 25.4 Å². The van der Waals surface area contributed by atoms with Crippen molar-refractivity contribution in [1.29, 1.82) is 0 Å². The zero-order valence-corrected chi connectivity index (χ0v) is 13.2. The lowest BCUT2D eigenvalue weighted by molar-refractivity contribution is -0.127. The first-order chi connectivity index (χ1) is 11.3. The van der Waals surface area contributed by atoms with E-state index in [1.807, 2.05) is 47.4 Å². The number of para-hydroxylation sites is 1. The van der Waals surface area contributed by atoms with Crippen LogP contribution in [0.3, 0.4) is 0 Å². The Morgan fingerprint density at radius 2 is 2.00 bits per heavy atom. The molecule has 0 atom stereocenters. The van der Waals surface area contributed by atoms with Crippen molar-refractivity contribution in [2.24, 2.45) is 0 Å². The van der Waals surface area contributed by atoms with Crippen LogP contribution in [0.2, 0.25) is 0 Å². The smallest absolute Gasteiger partial charge is 0.247 e. The first-order valence-electron chi connectivity index (χ1n) is 7.78. The number of amides is 1. The summed E-state index contributed by atoms with van der Waals surface area (Å²) < 4.78 is 5.39. The van der Waals surface area contributed by atoms with E-state index >= 15 is 0 Å². The average molecular weight is 308 g/mol. The van der Waals surface area contributed by atoms with E-state index in [2.05, 4.69) is 4.98 Å². The molecule has 1 amide bonds. The Hall–Kier alpha value is -2.62. The summed E-state index contributed by atoms with van der Waals surface area (Å²) in [6.45, 7) is 0.578. The topological polar surface area (TPSA) is 42.4 Å². The van der Waals surface area contributed by atoms with E-state index in [-0.39, 0.29) is 5.91 Å². The maximum Gasteiger partial charge on any atom is 0.247 e. The maximum absolute atomic E-state index is 12.6. The minimum Gasteiger partial charge on any atom is -0.496 e. The highest BCUT2D eigenvalue weighted by Gasteiger charge is 2.32. The lowest BCUT2D eigenvalue weighted by Gasteiger charge is -2.22. The molecule has 118 valence electrons. The highest BCUT2D eigenvalue weighted by atomic mass is 16.5. The summed E-state index contributed by atoms with van der Waals surface area (Å²) in [5.41, 5.74) is 2.01. The van der Waals surface area contributed by atoms with Gasteiger partial charge in [-0.1, -0.05) is 18.2 Å². The predicted octanol–water partition coefficient (Wildman–Crippen LogP) is 3.29. The molecule has 1 aromatic carbocycles. The second kappa shape index (κ2) is 7.09. The Bertz CT molecular complexity index is 694. The van der Waals surface area contributed by atoms with Gasteiger partial charge in [0.15, 0.2) is 0 Å². The number of pyridine rings is 1. The first-order valence-corrected chi connectivity index (χ1v) is 7.78.